The highest BCUT2D eigenvalue weighted by Gasteiger charge is 2.31. The molecule has 1 saturated carbocycles. The fourth-order valence-corrected chi connectivity index (χ4v) is 3.10. The van der Waals surface area contributed by atoms with Gasteiger partial charge in [0.05, 0.1) is 0 Å². The third-order valence-corrected chi connectivity index (χ3v) is 3.84. The lowest BCUT2D eigenvalue weighted by Gasteiger charge is -2.26. The zero-order valence-corrected chi connectivity index (χ0v) is 9.47. The fraction of sp³-hybridized carbons (Fsp3) is 1.00. The van der Waals surface area contributed by atoms with Crippen LogP contribution >= 0.6 is 0 Å². The highest BCUT2D eigenvalue weighted by atomic mass is 14.8. The van der Waals surface area contributed by atoms with Gasteiger partial charge in [-0.3, -0.25) is 0 Å². The summed E-state index contributed by atoms with van der Waals surface area (Å²) in [6.45, 7) is 5.94. The zero-order chi connectivity index (χ0) is 9.68. The van der Waals surface area contributed by atoms with Gasteiger partial charge in [-0.25, -0.2) is 0 Å². The van der Waals surface area contributed by atoms with Crippen LogP contribution in [0, 0.1) is 17.8 Å². The molecule has 1 nitrogen and oxygen atoms in total. The van der Waals surface area contributed by atoms with Crippen LogP contribution in [0.5, 0.6) is 0 Å². The van der Waals surface area contributed by atoms with E-state index in [4.69, 9.17) is 0 Å². The molecule has 0 aromatic carbocycles. The summed E-state index contributed by atoms with van der Waals surface area (Å²) in [7, 11) is 2.09. The van der Waals surface area contributed by atoms with E-state index in [-0.39, 0.29) is 0 Å². The van der Waals surface area contributed by atoms with Crippen LogP contribution in [-0.4, -0.2) is 13.6 Å². The summed E-state index contributed by atoms with van der Waals surface area (Å²) in [6, 6.07) is 0. The minimum Gasteiger partial charge on any atom is -0.319 e. The van der Waals surface area contributed by atoms with Gasteiger partial charge in [0.1, 0.15) is 0 Å². The summed E-state index contributed by atoms with van der Waals surface area (Å²) in [5, 5.41) is 3.34. The average molecular weight is 183 g/mol. The molecule has 0 heterocycles. The van der Waals surface area contributed by atoms with Crippen LogP contribution in [0.15, 0.2) is 0 Å². The lowest BCUT2D eigenvalue weighted by Crippen LogP contribution is -2.26. The average Bonchev–Trinajstić information content (AvgIpc) is 2.57. The van der Waals surface area contributed by atoms with Gasteiger partial charge < -0.3 is 5.32 Å². The normalized spacial score (nSPS) is 28.6. The van der Waals surface area contributed by atoms with E-state index in [9.17, 15) is 0 Å². The molecule has 1 rings (SSSR count). The molecule has 78 valence electrons. The van der Waals surface area contributed by atoms with Crippen molar-refractivity contribution in [3.8, 4) is 0 Å². The van der Waals surface area contributed by atoms with Crippen LogP contribution < -0.4 is 5.32 Å². The molecule has 1 aliphatic carbocycles. The van der Waals surface area contributed by atoms with Crippen LogP contribution in [0.25, 0.3) is 0 Å². The highest BCUT2D eigenvalue weighted by molar-refractivity contribution is 4.82. The quantitative estimate of drug-likeness (QED) is 0.691. The van der Waals surface area contributed by atoms with Crippen molar-refractivity contribution in [2.45, 2.75) is 46.0 Å². The molecular weight excluding hydrogens is 158 g/mol. The smallest absolute Gasteiger partial charge is 0.00208 e. The van der Waals surface area contributed by atoms with E-state index in [1.54, 1.807) is 0 Å². The molecular formula is C12H25N. The number of hydrogen-bond donors (Lipinski definition) is 1. The highest BCUT2D eigenvalue weighted by Crippen LogP contribution is 2.39. The van der Waals surface area contributed by atoms with E-state index >= 15 is 0 Å². The second-order valence-corrected chi connectivity index (χ2v) is 4.49. The number of rotatable bonds is 5. The molecule has 0 spiro atoms. The van der Waals surface area contributed by atoms with Crippen LogP contribution in [0.1, 0.15) is 46.0 Å². The first-order valence-corrected chi connectivity index (χ1v) is 5.98. The molecule has 0 amide bonds. The van der Waals surface area contributed by atoms with Crippen LogP contribution in [0.2, 0.25) is 0 Å². The first-order chi connectivity index (χ1) is 6.33. The predicted molar refractivity (Wildman–Crippen MR) is 58.8 cm³/mol. The topological polar surface area (TPSA) is 12.0 Å². The van der Waals surface area contributed by atoms with Gasteiger partial charge in [0, 0.05) is 0 Å². The van der Waals surface area contributed by atoms with Crippen LogP contribution in [0.3, 0.4) is 0 Å². The maximum absolute atomic E-state index is 3.34. The molecule has 0 aromatic heterocycles. The molecule has 1 aliphatic rings. The maximum atomic E-state index is 3.34. The van der Waals surface area contributed by atoms with Gasteiger partial charge >= 0.3 is 0 Å². The Morgan fingerprint density at radius 1 is 1.23 bits per heavy atom. The van der Waals surface area contributed by atoms with Crippen LogP contribution in [-0.2, 0) is 0 Å². The molecule has 2 atom stereocenters. The lowest BCUT2D eigenvalue weighted by molar-refractivity contribution is 0.244. The second kappa shape index (κ2) is 5.64. The Balaban J connectivity index is 2.45. The van der Waals surface area contributed by atoms with E-state index in [0.717, 1.165) is 17.8 Å². The van der Waals surface area contributed by atoms with Crippen molar-refractivity contribution in [3.05, 3.63) is 0 Å². The lowest BCUT2D eigenvalue weighted by atomic mass is 9.81. The van der Waals surface area contributed by atoms with Gasteiger partial charge in [0.15, 0.2) is 0 Å². The monoisotopic (exact) mass is 183 g/mol. The molecule has 1 N–H and O–H groups in total. The molecule has 1 heteroatoms. The Labute approximate surface area is 83.3 Å². The Morgan fingerprint density at radius 3 is 2.46 bits per heavy atom. The van der Waals surface area contributed by atoms with E-state index in [1.807, 2.05) is 0 Å². The van der Waals surface area contributed by atoms with Gasteiger partial charge in [0.2, 0.25) is 0 Å². The molecule has 2 unspecified atom stereocenters. The first-order valence-electron chi connectivity index (χ1n) is 5.98. The Morgan fingerprint density at radius 2 is 1.92 bits per heavy atom. The molecule has 0 radical (unpaired) electrons. The summed E-state index contributed by atoms with van der Waals surface area (Å²) in [5.41, 5.74) is 0. The first kappa shape index (κ1) is 11.0. The molecule has 13 heavy (non-hydrogen) atoms. The summed E-state index contributed by atoms with van der Waals surface area (Å²) >= 11 is 0. The molecule has 0 bridgehead atoms. The minimum atomic E-state index is 0.967. The van der Waals surface area contributed by atoms with Gasteiger partial charge in [-0.1, -0.05) is 33.1 Å². The maximum Gasteiger partial charge on any atom is -0.00208 e. The van der Waals surface area contributed by atoms with Crippen molar-refractivity contribution in [1.29, 1.82) is 0 Å². The Bertz CT molecular complexity index is 129. The number of nitrogens with one attached hydrogen (secondary N) is 1. The van der Waals surface area contributed by atoms with E-state index in [2.05, 4.69) is 26.2 Å². The minimum absolute atomic E-state index is 0.967. The number of hydrogen-bond acceptors (Lipinski definition) is 1. The predicted octanol–water partition coefficient (Wildman–Crippen LogP) is 3.06. The van der Waals surface area contributed by atoms with Crippen LogP contribution in [0.4, 0.5) is 0 Å². The Kier molecular flexibility index (Phi) is 4.79. The van der Waals surface area contributed by atoms with Gasteiger partial charge in [0.25, 0.3) is 0 Å². The third-order valence-electron chi connectivity index (χ3n) is 3.84. The van der Waals surface area contributed by atoms with Crippen molar-refractivity contribution in [1.82, 2.24) is 5.32 Å². The largest absolute Gasteiger partial charge is 0.319 e. The van der Waals surface area contributed by atoms with Crippen molar-refractivity contribution in [2.75, 3.05) is 13.6 Å². The van der Waals surface area contributed by atoms with E-state index in [1.165, 1.54) is 38.6 Å². The van der Waals surface area contributed by atoms with Crippen molar-refractivity contribution in [3.63, 3.8) is 0 Å². The molecule has 0 aliphatic heterocycles. The summed E-state index contributed by atoms with van der Waals surface area (Å²) in [4.78, 5) is 0. The Hall–Kier alpha value is -0.0400. The van der Waals surface area contributed by atoms with Crippen molar-refractivity contribution < 1.29 is 0 Å². The summed E-state index contributed by atoms with van der Waals surface area (Å²) < 4.78 is 0. The standard InChI is InChI=1S/C12H25N/c1-4-10(5-2)12-8-6-7-11(12)9-13-3/h10-13H,4-9H2,1-3H3. The van der Waals surface area contributed by atoms with E-state index in [0.29, 0.717) is 0 Å². The summed E-state index contributed by atoms with van der Waals surface area (Å²) in [6.07, 6.45) is 7.16. The summed E-state index contributed by atoms with van der Waals surface area (Å²) in [5.74, 6) is 2.97. The van der Waals surface area contributed by atoms with Gasteiger partial charge in [-0.05, 0) is 44.2 Å². The molecule has 0 saturated heterocycles. The SMILES string of the molecule is CCC(CC)C1CCCC1CNC. The van der Waals surface area contributed by atoms with Gasteiger partial charge in [-0.2, -0.15) is 0 Å². The molecule has 1 fully saturated rings. The molecule has 0 aromatic rings. The van der Waals surface area contributed by atoms with Gasteiger partial charge in [-0.15, -0.1) is 0 Å². The van der Waals surface area contributed by atoms with E-state index < -0.39 is 0 Å². The fourth-order valence-electron chi connectivity index (χ4n) is 3.10. The van der Waals surface area contributed by atoms with Crippen molar-refractivity contribution in [2.24, 2.45) is 17.8 Å². The second-order valence-electron chi connectivity index (χ2n) is 4.49. The zero-order valence-electron chi connectivity index (χ0n) is 9.47. The third kappa shape index (κ3) is 2.70. The van der Waals surface area contributed by atoms with Crippen molar-refractivity contribution >= 4 is 0 Å².